The van der Waals surface area contributed by atoms with E-state index in [-0.39, 0.29) is 62.1 Å². The van der Waals surface area contributed by atoms with E-state index in [2.05, 4.69) is 0 Å². The molecule has 0 aliphatic carbocycles. The first-order valence-corrected chi connectivity index (χ1v) is 17.8. The van der Waals surface area contributed by atoms with Gasteiger partial charge in [0.1, 0.15) is 11.2 Å². The van der Waals surface area contributed by atoms with Gasteiger partial charge in [-0.3, -0.25) is 0 Å². The molecule has 3 heterocycles. The molecule has 0 unspecified atom stereocenters. The van der Waals surface area contributed by atoms with Crippen LogP contribution in [0.1, 0.15) is 16.4 Å². The molecule has 0 aliphatic rings. The lowest BCUT2D eigenvalue weighted by Crippen LogP contribution is -2.02. The monoisotopic (exact) mass is 728 g/mol. The van der Waals surface area contributed by atoms with Crippen molar-refractivity contribution in [1.29, 1.82) is 0 Å². The Morgan fingerprint density at radius 3 is 1.95 bits per heavy atom. The zero-order chi connectivity index (χ0) is 47.4. The Kier molecular flexibility index (Phi) is 5.10. The molecular weight excluding hydrogens is 685 g/mol. The van der Waals surface area contributed by atoms with Crippen molar-refractivity contribution in [1.82, 2.24) is 19.5 Å². The molecule has 56 heavy (non-hydrogen) atoms. The largest absolute Gasteiger partial charge is 0.456 e. The summed E-state index contributed by atoms with van der Waals surface area (Å²) in [5.41, 5.74) is 3.01. The van der Waals surface area contributed by atoms with Gasteiger partial charge in [0.2, 0.25) is 0 Å². The number of benzene rings is 8. The summed E-state index contributed by atoms with van der Waals surface area (Å²) in [4.78, 5) is 15.0. The van der Waals surface area contributed by atoms with Crippen LogP contribution >= 0.6 is 0 Å². The summed E-state index contributed by atoms with van der Waals surface area (Å²) in [6.07, 6.45) is 0. The Morgan fingerprint density at radius 1 is 0.429 bits per heavy atom. The quantitative estimate of drug-likeness (QED) is 0.171. The van der Waals surface area contributed by atoms with Crippen molar-refractivity contribution >= 4 is 43.7 Å². The third-order valence-corrected chi connectivity index (χ3v) is 9.80. The lowest BCUT2D eigenvalue weighted by Gasteiger charge is -2.16. The molecule has 262 valence electrons. The second-order valence-electron chi connectivity index (χ2n) is 13.1. The number of para-hydroxylation sites is 2. The minimum Gasteiger partial charge on any atom is -0.456 e. The summed E-state index contributed by atoms with van der Waals surface area (Å²) < 4.78 is 116. The van der Waals surface area contributed by atoms with E-state index in [1.165, 1.54) is 4.57 Å². The van der Waals surface area contributed by atoms with E-state index >= 15 is 0 Å². The highest BCUT2D eigenvalue weighted by Gasteiger charge is 2.21. The predicted molar refractivity (Wildman–Crippen MR) is 229 cm³/mol. The number of aromatic nitrogens is 4. The number of furan rings is 1. The van der Waals surface area contributed by atoms with Gasteiger partial charge in [-0.1, -0.05) is 151 Å². The highest BCUT2D eigenvalue weighted by molar-refractivity contribution is 6.12. The van der Waals surface area contributed by atoms with Crippen molar-refractivity contribution in [3.05, 3.63) is 194 Å². The summed E-state index contributed by atoms with van der Waals surface area (Å²) in [5.74, 6) is 0.741. The second kappa shape index (κ2) is 13.0. The van der Waals surface area contributed by atoms with Crippen molar-refractivity contribution < 1.29 is 20.9 Å². The van der Waals surface area contributed by atoms with Crippen molar-refractivity contribution in [3.8, 4) is 62.1 Å². The summed E-state index contributed by atoms with van der Waals surface area (Å²) in [6, 6.07) is 29.6. The summed E-state index contributed by atoms with van der Waals surface area (Å²) in [6.45, 7) is 0. The van der Waals surface area contributed by atoms with Crippen molar-refractivity contribution in [2.75, 3.05) is 0 Å². The molecule has 0 saturated heterocycles. The molecule has 0 aliphatic heterocycles. The summed E-state index contributed by atoms with van der Waals surface area (Å²) in [5, 5.41) is 1.41. The average molecular weight is 729 g/mol. The number of nitrogens with zero attached hydrogens (tertiary/aromatic N) is 4. The third-order valence-electron chi connectivity index (χ3n) is 9.80. The lowest BCUT2D eigenvalue weighted by atomic mass is 9.99. The molecule has 0 bridgehead atoms. The van der Waals surface area contributed by atoms with Gasteiger partial charge in [-0.2, -0.15) is 0 Å². The highest BCUT2D eigenvalue weighted by Crippen LogP contribution is 2.40. The maximum Gasteiger partial charge on any atom is 0.164 e. The zero-order valence-electron chi connectivity index (χ0n) is 41.2. The van der Waals surface area contributed by atoms with E-state index in [9.17, 15) is 8.22 Å². The van der Waals surface area contributed by atoms with Crippen LogP contribution < -0.4 is 0 Å². The van der Waals surface area contributed by atoms with Crippen LogP contribution in [-0.2, 0) is 0 Å². The lowest BCUT2D eigenvalue weighted by molar-refractivity contribution is 0.669. The number of fused-ring (bicyclic) bond motifs is 6. The molecule has 5 heteroatoms. The number of hydrogen-bond acceptors (Lipinski definition) is 4. The number of hydrogen-bond donors (Lipinski definition) is 0. The second-order valence-corrected chi connectivity index (χ2v) is 13.1. The molecule has 0 atom stereocenters. The summed E-state index contributed by atoms with van der Waals surface area (Å²) >= 11 is 0. The van der Waals surface area contributed by atoms with E-state index in [1.807, 2.05) is 72.8 Å². The third kappa shape index (κ3) is 5.29. The molecular formula is C51H32N4O. The Hall–Kier alpha value is -7.63. The molecule has 0 saturated carbocycles. The predicted octanol–water partition coefficient (Wildman–Crippen LogP) is 13.2. The van der Waals surface area contributed by atoms with Crippen molar-refractivity contribution in [2.45, 2.75) is 0 Å². The zero-order valence-corrected chi connectivity index (χ0v) is 29.2. The Morgan fingerprint density at radius 2 is 1.11 bits per heavy atom. The van der Waals surface area contributed by atoms with Gasteiger partial charge in [-0.25, -0.2) is 15.0 Å². The van der Waals surface area contributed by atoms with Gasteiger partial charge in [0.25, 0.3) is 0 Å². The smallest absolute Gasteiger partial charge is 0.164 e. The SMILES string of the molecule is [2H]c1c([2H])c([2H])c(-c2cc(-c3nc(-c4ccccc4)nc(-c4cccc5oc6ccccc6c45)n3)ccc2-n2c3c([2H])c([2H])c([2H])c([2H])c3c3c([2H])c([2H])c(-c4ccccc4)c([2H])c32)c([2H])c1[2H]. The van der Waals surface area contributed by atoms with Gasteiger partial charge in [0, 0.05) is 43.8 Å². The van der Waals surface area contributed by atoms with Crippen LogP contribution in [0.15, 0.2) is 198 Å². The van der Waals surface area contributed by atoms with Crippen LogP contribution in [0.4, 0.5) is 0 Å². The molecule has 3 aromatic heterocycles. The fourth-order valence-electron chi connectivity index (χ4n) is 7.26. The van der Waals surface area contributed by atoms with Gasteiger partial charge in [-0.05, 0) is 59.1 Å². The van der Waals surface area contributed by atoms with Crippen LogP contribution in [0, 0.1) is 0 Å². The first-order chi connectivity index (χ1) is 32.8. The van der Waals surface area contributed by atoms with Crippen LogP contribution in [0.3, 0.4) is 0 Å². The maximum atomic E-state index is 9.79. The Bertz CT molecular complexity index is 3920. The first kappa shape index (κ1) is 21.9. The van der Waals surface area contributed by atoms with Gasteiger partial charge in [-0.15, -0.1) is 0 Å². The van der Waals surface area contributed by atoms with Gasteiger partial charge in [0.15, 0.2) is 17.5 Å². The fourth-order valence-corrected chi connectivity index (χ4v) is 7.26. The fraction of sp³-hybridized carbons (Fsp3) is 0. The van der Waals surface area contributed by atoms with E-state index in [0.717, 1.165) is 10.8 Å². The average Bonchev–Trinajstić information content (AvgIpc) is 3.93. The van der Waals surface area contributed by atoms with Gasteiger partial charge >= 0.3 is 0 Å². The van der Waals surface area contributed by atoms with Crippen LogP contribution in [0.5, 0.6) is 0 Å². The van der Waals surface area contributed by atoms with Crippen LogP contribution in [0.2, 0.25) is 0 Å². The highest BCUT2D eigenvalue weighted by atomic mass is 16.3. The first-order valence-electron chi connectivity index (χ1n) is 23.8. The van der Waals surface area contributed by atoms with E-state index in [4.69, 9.17) is 27.6 Å². The minimum atomic E-state index is -0.634. The minimum absolute atomic E-state index is 0.000920. The molecule has 11 aromatic rings. The molecule has 0 N–H and O–H groups in total. The van der Waals surface area contributed by atoms with E-state index < -0.39 is 60.4 Å². The number of rotatable bonds is 6. The molecule has 0 fully saturated rings. The Labute approximate surface area is 339 Å². The molecule has 5 nitrogen and oxygen atoms in total. The molecule has 8 aromatic carbocycles. The van der Waals surface area contributed by atoms with E-state index in [0.29, 0.717) is 45.1 Å². The normalized spacial score (nSPS) is 14.6. The molecule has 11 rings (SSSR count). The molecule has 0 spiro atoms. The molecule has 0 amide bonds. The topological polar surface area (TPSA) is 56.7 Å². The van der Waals surface area contributed by atoms with E-state index in [1.54, 1.807) is 48.5 Å². The van der Waals surface area contributed by atoms with Gasteiger partial charge < -0.3 is 8.98 Å². The van der Waals surface area contributed by atoms with Gasteiger partial charge in [0.05, 0.1) is 33.2 Å². The standard InChI is InChI=1S/C51H32N4O/c1-4-15-33(16-5-1)36-27-29-39-38-21-10-12-24-43(38)55(45(39)32-36)44-30-28-37(31-42(44)34-17-6-2-7-18-34)50-52-49(35-19-8-3-9-20-35)53-51(54-50)41-23-14-26-47-48(41)40-22-11-13-25-46(40)56-47/h1-32H/i2D,6D,7D,10D,12D,17D,18D,21D,24D,27D,29D,32D. The van der Waals surface area contributed by atoms with Crippen LogP contribution in [0.25, 0.3) is 106 Å². The van der Waals surface area contributed by atoms with Crippen molar-refractivity contribution in [2.24, 2.45) is 0 Å². The van der Waals surface area contributed by atoms with Crippen molar-refractivity contribution in [3.63, 3.8) is 0 Å². The maximum absolute atomic E-state index is 9.79. The Balaban J connectivity index is 1.28. The summed E-state index contributed by atoms with van der Waals surface area (Å²) in [7, 11) is 0. The van der Waals surface area contributed by atoms with Crippen LogP contribution in [-0.4, -0.2) is 19.5 Å². The molecule has 0 radical (unpaired) electrons.